The Bertz CT molecular complexity index is 477. The quantitative estimate of drug-likeness (QED) is 0.809. The van der Waals surface area contributed by atoms with Crippen molar-refractivity contribution < 1.29 is 9.18 Å². The first-order valence-electron chi connectivity index (χ1n) is 8.09. The van der Waals surface area contributed by atoms with E-state index in [2.05, 4.69) is 29.4 Å². The van der Waals surface area contributed by atoms with Gasteiger partial charge < -0.3 is 10.6 Å². The first kappa shape index (κ1) is 16.9. The van der Waals surface area contributed by atoms with Crippen molar-refractivity contribution >= 4 is 5.91 Å². The van der Waals surface area contributed by atoms with Crippen molar-refractivity contribution in [3.05, 3.63) is 35.6 Å². The van der Waals surface area contributed by atoms with Gasteiger partial charge in [0.05, 0.1) is 6.04 Å². The number of rotatable bonds is 7. The zero-order valence-corrected chi connectivity index (χ0v) is 13.4. The van der Waals surface area contributed by atoms with Gasteiger partial charge in [0, 0.05) is 19.1 Å². The zero-order chi connectivity index (χ0) is 15.9. The summed E-state index contributed by atoms with van der Waals surface area (Å²) in [5.41, 5.74) is 1.04. The SMILES string of the molecule is CCN[C@H](C)CNC(=O)C1CCCN1Cc1ccc(F)cc1. The molecule has 0 bridgehead atoms. The highest BCUT2D eigenvalue weighted by Crippen LogP contribution is 2.20. The molecule has 0 spiro atoms. The van der Waals surface area contributed by atoms with Crippen molar-refractivity contribution in [2.75, 3.05) is 19.6 Å². The van der Waals surface area contributed by atoms with Gasteiger partial charge in [-0.1, -0.05) is 19.1 Å². The van der Waals surface area contributed by atoms with Crippen LogP contribution in [-0.4, -0.2) is 42.5 Å². The lowest BCUT2D eigenvalue weighted by Gasteiger charge is -2.24. The van der Waals surface area contributed by atoms with E-state index >= 15 is 0 Å². The molecular weight excluding hydrogens is 281 g/mol. The third-order valence-electron chi connectivity index (χ3n) is 4.10. The normalized spacial score (nSPS) is 20.0. The van der Waals surface area contributed by atoms with E-state index in [9.17, 15) is 9.18 Å². The van der Waals surface area contributed by atoms with E-state index in [1.807, 2.05) is 0 Å². The predicted octanol–water partition coefficient (Wildman–Crippen LogP) is 1.90. The molecule has 2 N–H and O–H groups in total. The van der Waals surface area contributed by atoms with E-state index in [1.165, 1.54) is 12.1 Å². The highest BCUT2D eigenvalue weighted by Gasteiger charge is 2.30. The van der Waals surface area contributed by atoms with E-state index < -0.39 is 0 Å². The first-order valence-corrected chi connectivity index (χ1v) is 8.09. The number of carbonyl (C=O) groups excluding carboxylic acids is 1. The van der Waals surface area contributed by atoms with Crippen LogP contribution < -0.4 is 10.6 Å². The standard InChI is InChI=1S/C17H26FN3O/c1-3-19-13(2)11-20-17(22)16-5-4-10-21(16)12-14-6-8-15(18)9-7-14/h6-9,13,16,19H,3-5,10-12H2,1-2H3,(H,20,22)/t13-,16?/m1/s1. The third kappa shape index (κ3) is 4.78. The number of amides is 1. The lowest BCUT2D eigenvalue weighted by Crippen LogP contribution is -2.46. The van der Waals surface area contributed by atoms with E-state index in [-0.39, 0.29) is 23.8 Å². The number of carbonyl (C=O) groups is 1. The molecule has 1 aromatic carbocycles. The Balaban J connectivity index is 1.86. The highest BCUT2D eigenvalue weighted by molar-refractivity contribution is 5.82. The average Bonchev–Trinajstić information content (AvgIpc) is 2.96. The Morgan fingerprint density at radius 2 is 2.14 bits per heavy atom. The van der Waals surface area contributed by atoms with Gasteiger partial charge in [-0.25, -0.2) is 4.39 Å². The van der Waals surface area contributed by atoms with Crippen LogP contribution in [0.3, 0.4) is 0 Å². The van der Waals surface area contributed by atoms with Crippen LogP contribution in [0.4, 0.5) is 4.39 Å². The zero-order valence-electron chi connectivity index (χ0n) is 13.4. The minimum atomic E-state index is -0.225. The molecule has 4 nitrogen and oxygen atoms in total. The van der Waals surface area contributed by atoms with Crippen molar-refractivity contribution in [1.29, 1.82) is 0 Å². The third-order valence-corrected chi connectivity index (χ3v) is 4.10. The molecule has 1 unspecified atom stereocenters. The van der Waals surface area contributed by atoms with Gasteiger partial charge in [0.25, 0.3) is 0 Å². The second-order valence-electron chi connectivity index (χ2n) is 5.96. The van der Waals surface area contributed by atoms with Crippen LogP contribution in [0.25, 0.3) is 0 Å². The topological polar surface area (TPSA) is 44.4 Å². The molecule has 0 radical (unpaired) electrons. The molecule has 2 atom stereocenters. The predicted molar refractivity (Wildman–Crippen MR) is 86.0 cm³/mol. The van der Waals surface area contributed by atoms with Crippen LogP contribution in [0, 0.1) is 5.82 Å². The van der Waals surface area contributed by atoms with Gasteiger partial charge >= 0.3 is 0 Å². The van der Waals surface area contributed by atoms with E-state index in [4.69, 9.17) is 0 Å². The second kappa shape index (κ2) is 8.25. The molecule has 1 saturated heterocycles. The summed E-state index contributed by atoms with van der Waals surface area (Å²) in [5, 5.41) is 6.31. The Kier molecular flexibility index (Phi) is 6.34. The summed E-state index contributed by atoms with van der Waals surface area (Å²) in [6, 6.07) is 6.72. The monoisotopic (exact) mass is 307 g/mol. The molecule has 1 heterocycles. The Morgan fingerprint density at radius 3 is 2.82 bits per heavy atom. The largest absolute Gasteiger partial charge is 0.353 e. The van der Waals surface area contributed by atoms with Crippen molar-refractivity contribution in [3.63, 3.8) is 0 Å². The minimum Gasteiger partial charge on any atom is -0.353 e. The Morgan fingerprint density at radius 1 is 1.41 bits per heavy atom. The molecule has 5 heteroatoms. The maximum Gasteiger partial charge on any atom is 0.237 e. The van der Waals surface area contributed by atoms with Crippen LogP contribution in [0.1, 0.15) is 32.3 Å². The molecule has 1 amide bonds. The second-order valence-corrected chi connectivity index (χ2v) is 5.96. The number of nitrogens with one attached hydrogen (secondary N) is 2. The van der Waals surface area contributed by atoms with Crippen LogP contribution in [0.5, 0.6) is 0 Å². The van der Waals surface area contributed by atoms with Gasteiger partial charge in [-0.15, -0.1) is 0 Å². The number of hydrogen-bond acceptors (Lipinski definition) is 3. The van der Waals surface area contributed by atoms with Gasteiger partial charge in [0.1, 0.15) is 5.82 Å². The summed E-state index contributed by atoms with van der Waals surface area (Å²) in [4.78, 5) is 14.5. The molecule has 1 aliphatic rings. The number of hydrogen-bond donors (Lipinski definition) is 2. The van der Waals surface area contributed by atoms with Gasteiger partial charge in [-0.3, -0.25) is 9.69 Å². The number of halogens is 1. The summed E-state index contributed by atoms with van der Waals surface area (Å²) in [7, 11) is 0. The van der Waals surface area contributed by atoms with E-state index in [1.54, 1.807) is 12.1 Å². The molecule has 1 fully saturated rings. The molecule has 22 heavy (non-hydrogen) atoms. The van der Waals surface area contributed by atoms with Gasteiger partial charge in [0.2, 0.25) is 5.91 Å². The maximum atomic E-state index is 13.0. The minimum absolute atomic E-state index is 0.0705. The van der Waals surface area contributed by atoms with Gasteiger partial charge in [-0.05, 0) is 50.6 Å². The molecule has 0 aliphatic carbocycles. The fourth-order valence-corrected chi connectivity index (χ4v) is 2.93. The van der Waals surface area contributed by atoms with Crippen LogP contribution in [-0.2, 0) is 11.3 Å². The van der Waals surface area contributed by atoms with Crippen LogP contribution in [0.2, 0.25) is 0 Å². The smallest absolute Gasteiger partial charge is 0.237 e. The average molecular weight is 307 g/mol. The summed E-state index contributed by atoms with van der Waals surface area (Å²) >= 11 is 0. The fourth-order valence-electron chi connectivity index (χ4n) is 2.93. The van der Waals surface area contributed by atoms with Crippen molar-refractivity contribution in [2.24, 2.45) is 0 Å². The molecule has 1 aromatic rings. The Hall–Kier alpha value is -1.46. The lowest BCUT2D eigenvalue weighted by molar-refractivity contribution is -0.125. The molecule has 0 saturated carbocycles. The number of nitrogens with zero attached hydrogens (tertiary/aromatic N) is 1. The van der Waals surface area contributed by atoms with Crippen LogP contribution in [0.15, 0.2) is 24.3 Å². The molecular formula is C17H26FN3O. The Labute approximate surface area is 132 Å². The number of likely N-dealkylation sites (tertiary alicyclic amines) is 1. The number of likely N-dealkylation sites (N-methyl/N-ethyl adjacent to an activating group) is 1. The van der Waals surface area contributed by atoms with E-state index in [0.29, 0.717) is 13.1 Å². The summed E-state index contributed by atoms with van der Waals surface area (Å²) in [6.07, 6.45) is 1.92. The van der Waals surface area contributed by atoms with Crippen LogP contribution >= 0.6 is 0 Å². The molecule has 0 aromatic heterocycles. The van der Waals surface area contributed by atoms with Crippen molar-refractivity contribution in [3.8, 4) is 0 Å². The molecule has 2 rings (SSSR count). The first-order chi connectivity index (χ1) is 10.6. The summed E-state index contributed by atoms with van der Waals surface area (Å²) < 4.78 is 13.0. The van der Waals surface area contributed by atoms with Crippen molar-refractivity contribution in [1.82, 2.24) is 15.5 Å². The van der Waals surface area contributed by atoms with E-state index in [0.717, 1.165) is 31.5 Å². The fraction of sp³-hybridized carbons (Fsp3) is 0.588. The summed E-state index contributed by atoms with van der Waals surface area (Å²) in [6.45, 7) is 7.28. The maximum absolute atomic E-state index is 13.0. The van der Waals surface area contributed by atoms with Gasteiger partial charge in [0.15, 0.2) is 0 Å². The highest BCUT2D eigenvalue weighted by atomic mass is 19.1. The van der Waals surface area contributed by atoms with Gasteiger partial charge in [-0.2, -0.15) is 0 Å². The van der Waals surface area contributed by atoms with Crippen molar-refractivity contribution in [2.45, 2.75) is 45.3 Å². The number of benzene rings is 1. The lowest BCUT2D eigenvalue weighted by atomic mass is 10.1. The molecule has 1 aliphatic heterocycles. The molecule has 122 valence electrons. The summed E-state index contributed by atoms with van der Waals surface area (Å²) in [5.74, 6) is -0.124.